The van der Waals surface area contributed by atoms with Crippen molar-refractivity contribution in [1.29, 1.82) is 0 Å². The molecule has 102 valence electrons. The number of hydrogen-bond acceptors (Lipinski definition) is 2. The van der Waals surface area contributed by atoms with Crippen LogP contribution < -0.4 is 4.74 Å². The van der Waals surface area contributed by atoms with Crippen LogP contribution in [0.5, 0.6) is 5.75 Å². The van der Waals surface area contributed by atoms with Gasteiger partial charge in [-0.1, -0.05) is 12.1 Å². The van der Waals surface area contributed by atoms with Gasteiger partial charge in [0.1, 0.15) is 5.78 Å². The summed E-state index contributed by atoms with van der Waals surface area (Å²) in [5.41, 5.74) is 0.468. The molecule has 0 N–H and O–H groups in total. The summed E-state index contributed by atoms with van der Waals surface area (Å²) < 4.78 is 19.0. The number of halogens is 1. The van der Waals surface area contributed by atoms with Crippen LogP contribution in [0.25, 0.3) is 0 Å². The fourth-order valence-electron chi connectivity index (χ4n) is 2.98. The Hall–Kier alpha value is -1.38. The van der Waals surface area contributed by atoms with Gasteiger partial charge in [-0.25, -0.2) is 4.39 Å². The predicted octanol–water partition coefficient (Wildman–Crippen LogP) is 3.38. The molecule has 2 aliphatic carbocycles. The van der Waals surface area contributed by atoms with Gasteiger partial charge >= 0.3 is 0 Å². The van der Waals surface area contributed by atoms with Gasteiger partial charge in [-0.2, -0.15) is 0 Å². The van der Waals surface area contributed by atoms with Crippen LogP contribution in [-0.2, 0) is 11.2 Å². The highest BCUT2D eigenvalue weighted by atomic mass is 19.1. The molecule has 2 saturated carbocycles. The molecule has 1 aromatic carbocycles. The average molecular weight is 262 g/mol. The van der Waals surface area contributed by atoms with E-state index in [1.165, 1.54) is 32.8 Å². The molecule has 0 aromatic heterocycles. The molecule has 0 aliphatic heterocycles. The zero-order chi connectivity index (χ0) is 13.4. The van der Waals surface area contributed by atoms with Gasteiger partial charge in [-0.3, -0.25) is 4.79 Å². The standard InChI is InChI=1S/C16H19FO2/c1-19-14-4-2-3-12(16(14)17)9-13(18)15(10-5-6-10)11-7-8-11/h2-4,10-11,15H,5-9H2,1H3. The van der Waals surface area contributed by atoms with Crippen LogP contribution in [0, 0.1) is 23.6 Å². The van der Waals surface area contributed by atoms with E-state index in [1.807, 2.05) is 0 Å². The van der Waals surface area contributed by atoms with Crippen molar-refractivity contribution in [2.45, 2.75) is 32.1 Å². The molecular weight excluding hydrogens is 243 g/mol. The predicted molar refractivity (Wildman–Crippen MR) is 70.6 cm³/mol. The molecule has 0 bridgehead atoms. The Morgan fingerprint density at radius 2 is 1.95 bits per heavy atom. The summed E-state index contributed by atoms with van der Waals surface area (Å²) >= 11 is 0. The van der Waals surface area contributed by atoms with Gasteiger partial charge < -0.3 is 4.74 Å². The van der Waals surface area contributed by atoms with Gasteiger partial charge in [-0.15, -0.1) is 0 Å². The number of carbonyl (C=O) groups is 1. The maximum Gasteiger partial charge on any atom is 0.168 e. The van der Waals surface area contributed by atoms with Crippen molar-refractivity contribution < 1.29 is 13.9 Å². The Morgan fingerprint density at radius 3 is 2.47 bits per heavy atom. The molecule has 2 aliphatic rings. The van der Waals surface area contributed by atoms with Crippen LogP contribution in [0.4, 0.5) is 4.39 Å². The normalized spacial score (nSPS) is 18.7. The van der Waals surface area contributed by atoms with Gasteiger partial charge in [0, 0.05) is 12.3 Å². The van der Waals surface area contributed by atoms with Crippen LogP contribution >= 0.6 is 0 Å². The lowest BCUT2D eigenvalue weighted by molar-refractivity contribution is -0.123. The first-order chi connectivity index (χ1) is 9.20. The Kier molecular flexibility index (Phi) is 3.29. The van der Waals surface area contributed by atoms with Gasteiger partial charge in [0.05, 0.1) is 7.11 Å². The molecule has 0 radical (unpaired) electrons. The number of carbonyl (C=O) groups excluding carboxylic acids is 1. The van der Waals surface area contributed by atoms with Crippen LogP contribution in [0.1, 0.15) is 31.2 Å². The number of methoxy groups -OCH3 is 1. The Balaban J connectivity index is 1.75. The maximum absolute atomic E-state index is 14.1. The summed E-state index contributed by atoms with van der Waals surface area (Å²) in [6.45, 7) is 0. The Labute approximate surface area is 113 Å². The molecule has 0 atom stereocenters. The smallest absolute Gasteiger partial charge is 0.168 e. The van der Waals surface area contributed by atoms with E-state index in [1.54, 1.807) is 18.2 Å². The summed E-state index contributed by atoms with van der Waals surface area (Å²) in [5, 5.41) is 0. The number of benzene rings is 1. The summed E-state index contributed by atoms with van der Waals surface area (Å²) in [6.07, 6.45) is 4.91. The fourth-order valence-corrected chi connectivity index (χ4v) is 2.98. The number of ketones is 1. The van der Waals surface area contributed by atoms with E-state index in [9.17, 15) is 9.18 Å². The van der Waals surface area contributed by atoms with Gasteiger partial charge in [0.25, 0.3) is 0 Å². The zero-order valence-corrected chi connectivity index (χ0v) is 11.2. The Morgan fingerprint density at radius 1 is 1.32 bits per heavy atom. The van der Waals surface area contributed by atoms with Crippen LogP contribution in [0.2, 0.25) is 0 Å². The van der Waals surface area contributed by atoms with E-state index < -0.39 is 0 Å². The molecule has 0 spiro atoms. The highest BCUT2D eigenvalue weighted by molar-refractivity contribution is 5.84. The number of Topliss-reactive ketones (excluding diaryl/α,β-unsaturated/α-hetero) is 1. The summed E-state index contributed by atoms with van der Waals surface area (Å²) in [6, 6.07) is 5.02. The minimum atomic E-state index is -0.385. The molecule has 0 unspecified atom stereocenters. The van der Waals surface area contributed by atoms with Crippen molar-refractivity contribution in [2.75, 3.05) is 7.11 Å². The molecular formula is C16H19FO2. The zero-order valence-electron chi connectivity index (χ0n) is 11.2. The topological polar surface area (TPSA) is 26.3 Å². The lowest BCUT2D eigenvalue weighted by atomic mass is 9.89. The molecule has 19 heavy (non-hydrogen) atoms. The van der Waals surface area contributed by atoms with Crippen molar-refractivity contribution in [3.8, 4) is 5.75 Å². The number of rotatable bonds is 6. The molecule has 2 fully saturated rings. The third-order valence-corrected chi connectivity index (χ3v) is 4.26. The molecule has 1 aromatic rings. The van der Waals surface area contributed by atoms with Crippen molar-refractivity contribution in [1.82, 2.24) is 0 Å². The van der Waals surface area contributed by atoms with Crippen LogP contribution in [0.3, 0.4) is 0 Å². The van der Waals surface area contributed by atoms with Crippen molar-refractivity contribution in [3.05, 3.63) is 29.6 Å². The van der Waals surface area contributed by atoms with E-state index in [2.05, 4.69) is 0 Å². The van der Waals surface area contributed by atoms with Crippen molar-refractivity contribution >= 4 is 5.78 Å². The molecule has 2 nitrogen and oxygen atoms in total. The van der Waals surface area contributed by atoms with Crippen molar-refractivity contribution in [3.63, 3.8) is 0 Å². The van der Waals surface area contributed by atoms with Gasteiger partial charge in [0.15, 0.2) is 11.6 Å². The molecule has 3 heteroatoms. The summed E-state index contributed by atoms with van der Waals surface area (Å²) in [7, 11) is 1.45. The first-order valence-electron chi connectivity index (χ1n) is 7.04. The van der Waals surface area contributed by atoms with E-state index in [4.69, 9.17) is 4.74 Å². The SMILES string of the molecule is COc1cccc(CC(=O)C(C2CC2)C2CC2)c1F. The maximum atomic E-state index is 14.1. The molecule has 0 amide bonds. The van der Waals surface area contributed by atoms with Gasteiger partial charge in [0.2, 0.25) is 0 Å². The monoisotopic (exact) mass is 262 g/mol. The Bertz CT molecular complexity index is 478. The third kappa shape index (κ3) is 2.65. The minimum Gasteiger partial charge on any atom is -0.494 e. The second-order valence-electron chi connectivity index (χ2n) is 5.78. The van der Waals surface area contributed by atoms with E-state index >= 15 is 0 Å². The van der Waals surface area contributed by atoms with E-state index in [0.29, 0.717) is 17.4 Å². The second-order valence-corrected chi connectivity index (χ2v) is 5.78. The third-order valence-electron chi connectivity index (χ3n) is 4.26. The van der Waals surface area contributed by atoms with E-state index in [0.717, 1.165) is 0 Å². The lowest BCUT2D eigenvalue weighted by Crippen LogP contribution is -2.21. The van der Waals surface area contributed by atoms with Crippen LogP contribution in [0.15, 0.2) is 18.2 Å². The van der Waals surface area contributed by atoms with Crippen molar-refractivity contribution in [2.24, 2.45) is 17.8 Å². The molecule has 0 saturated heterocycles. The molecule has 0 heterocycles. The number of hydrogen-bond donors (Lipinski definition) is 0. The summed E-state index contributed by atoms with van der Waals surface area (Å²) in [5.74, 6) is 1.40. The highest BCUT2D eigenvalue weighted by Crippen LogP contribution is 2.49. The number of ether oxygens (including phenoxy) is 1. The average Bonchev–Trinajstić information content (AvgIpc) is 3.25. The quantitative estimate of drug-likeness (QED) is 0.785. The van der Waals surface area contributed by atoms with Gasteiger partial charge in [-0.05, 0) is 49.1 Å². The van der Waals surface area contributed by atoms with E-state index in [-0.39, 0.29) is 29.7 Å². The highest BCUT2D eigenvalue weighted by Gasteiger charge is 2.45. The molecule has 3 rings (SSSR count). The fraction of sp³-hybridized carbons (Fsp3) is 0.562. The lowest BCUT2D eigenvalue weighted by Gasteiger charge is -2.14. The first kappa shape index (κ1) is 12.6. The first-order valence-corrected chi connectivity index (χ1v) is 7.04. The second kappa shape index (κ2) is 4.95. The van der Waals surface area contributed by atoms with Crippen LogP contribution in [-0.4, -0.2) is 12.9 Å². The largest absolute Gasteiger partial charge is 0.494 e. The minimum absolute atomic E-state index is 0.186. The summed E-state index contributed by atoms with van der Waals surface area (Å²) in [4.78, 5) is 12.4.